The number of allylic oxidation sites excluding steroid dienone is 1. The van der Waals surface area contributed by atoms with Gasteiger partial charge in [-0.15, -0.1) is 0 Å². The molecule has 2 aromatic rings. The van der Waals surface area contributed by atoms with Crippen molar-refractivity contribution in [2.45, 2.75) is 60.3 Å². The molecule has 0 heterocycles. The molecule has 0 fully saturated rings. The summed E-state index contributed by atoms with van der Waals surface area (Å²) < 4.78 is 5.05. The van der Waals surface area contributed by atoms with Crippen LogP contribution in [0.2, 0.25) is 0 Å². The van der Waals surface area contributed by atoms with E-state index in [0.717, 1.165) is 66.8 Å². The number of anilines is 3. The van der Waals surface area contributed by atoms with Crippen molar-refractivity contribution in [1.29, 1.82) is 0 Å². The summed E-state index contributed by atoms with van der Waals surface area (Å²) in [6.07, 6.45) is 5.82. The van der Waals surface area contributed by atoms with Crippen LogP contribution >= 0.6 is 0 Å². The second-order valence-electron chi connectivity index (χ2n) is 8.45. The highest BCUT2D eigenvalue weighted by atomic mass is 16.5. The molecule has 0 radical (unpaired) electrons. The number of aryl methyl sites for hydroxylation is 1. The van der Waals surface area contributed by atoms with E-state index >= 15 is 0 Å². The molecule has 0 bridgehead atoms. The molecule has 2 N–H and O–H groups in total. The van der Waals surface area contributed by atoms with Crippen LogP contribution < -0.4 is 15.5 Å². The minimum absolute atomic E-state index is 0.305. The number of unbranched alkanes of at least 4 members (excludes halogenated alkanes) is 2. The summed E-state index contributed by atoms with van der Waals surface area (Å²) in [7, 11) is 0. The van der Waals surface area contributed by atoms with Crippen molar-refractivity contribution in [3.05, 3.63) is 59.7 Å². The molecule has 0 spiro atoms. The molecular formula is C28H39N3O3. The minimum Gasteiger partial charge on any atom is -0.463 e. The van der Waals surface area contributed by atoms with Gasteiger partial charge in [-0.3, -0.25) is 0 Å². The molecule has 0 aliphatic heterocycles. The summed E-state index contributed by atoms with van der Waals surface area (Å²) in [5, 5.41) is 5.96. The quantitative estimate of drug-likeness (QED) is 0.261. The van der Waals surface area contributed by atoms with Gasteiger partial charge in [0.1, 0.15) is 0 Å². The van der Waals surface area contributed by atoms with Crippen molar-refractivity contribution in [2.24, 2.45) is 0 Å². The standard InChI is InChI=1S/C28H39N3O3/c1-6-9-17-31(18-10-7-2)26-16-13-23(22(5)19-27(32)34-8-3)20-25(26)30-28(33)29-24-14-11-21(4)12-15-24/h11-16,19-20H,6-10,17-18H2,1-5H3,(H2,29,30,33). The molecule has 2 rings (SSSR count). The molecule has 0 aliphatic rings. The lowest BCUT2D eigenvalue weighted by Gasteiger charge is -2.28. The van der Waals surface area contributed by atoms with Crippen LogP contribution in [0, 0.1) is 6.92 Å². The normalized spacial score (nSPS) is 11.1. The van der Waals surface area contributed by atoms with Crippen LogP contribution in [-0.4, -0.2) is 31.7 Å². The average molecular weight is 466 g/mol. The van der Waals surface area contributed by atoms with Gasteiger partial charge in [0, 0.05) is 24.9 Å². The van der Waals surface area contributed by atoms with Gasteiger partial charge in [-0.2, -0.15) is 0 Å². The number of nitrogens with zero attached hydrogens (tertiary/aromatic N) is 1. The number of ether oxygens (including phenoxy) is 1. The number of benzene rings is 2. The van der Waals surface area contributed by atoms with E-state index in [2.05, 4.69) is 29.4 Å². The van der Waals surface area contributed by atoms with E-state index in [1.165, 1.54) is 6.08 Å². The van der Waals surface area contributed by atoms with Gasteiger partial charge in [-0.05, 0) is 69.0 Å². The van der Waals surface area contributed by atoms with E-state index in [1.807, 2.05) is 56.3 Å². The van der Waals surface area contributed by atoms with Crippen molar-refractivity contribution in [3.8, 4) is 0 Å². The van der Waals surface area contributed by atoms with Crippen LogP contribution in [0.4, 0.5) is 21.9 Å². The lowest BCUT2D eigenvalue weighted by molar-refractivity contribution is -0.137. The van der Waals surface area contributed by atoms with Gasteiger partial charge in [0.25, 0.3) is 0 Å². The van der Waals surface area contributed by atoms with Crippen molar-refractivity contribution in [3.63, 3.8) is 0 Å². The lowest BCUT2D eigenvalue weighted by Crippen LogP contribution is -2.28. The highest BCUT2D eigenvalue weighted by molar-refractivity contribution is 6.02. The number of esters is 1. The van der Waals surface area contributed by atoms with Crippen LogP contribution in [-0.2, 0) is 9.53 Å². The molecule has 0 saturated carbocycles. The predicted octanol–water partition coefficient (Wildman–Crippen LogP) is 7.01. The zero-order valence-corrected chi connectivity index (χ0v) is 21.2. The first-order chi connectivity index (χ1) is 16.4. The van der Waals surface area contributed by atoms with E-state index in [9.17, 15) is 9.59 Å². The second-order valence-corrected chi connectivity index (χ2v) is 8.45. The van der Waals surface area contributed by atoms with Gasteiger partial charge in [0.05, 0.1) is 18.0 Å². The molecule has 184 valence electrons. The molecule has 0 aromatic heterocycles. The number of amides is 2. The fourth-order valence-corrected chi connectivity index (χ4v) is 3.57. The summed E-state index contributed by atoms with van der Waals surface area (Å²) in [4.78, 5) is 27.2. The largest absolute Gasteiger partial charge is 0.463 e. The number of carbonyl (C=O) groups is 2. The predicted molar refractivity (Wildman–Crippen MR) is 143 cm³/mol. The van der Waals surface area contributed by atoms with Crippen LogP contribution in [0.3, 0.4) is 0 Å². The summed E-state index contributed by atoms with van der Waals surface area (Å²) in [5.74, 6) is -0.372. The average Bonchev–Trinajstić information content (AvgIpc) is 2.81. The molecular weight excluding hydrogens is 426 g/mol. The monoisotopic (exact) mass is 465 g/mol. The topological polar surface area (TPSA) is 70.7 Å². The Bertz CT molecular complexity index is 959. The third-order valence-corrected chi connectivity index (χ3v) is 5.53. The highest BCUT2D eigenvalue weighted by Gasteiger charge is 2.15. The highest BCUT2D eigenvalue weighted by Crippen LogP contribution is 2.31. The Kier molecular flexibility index (Phi) is 11.2. The maximum atomic E-state index is 12.9. The molecule has 0 unspecified atom stereocenters. The first-order valence-corrected chi connectivity index (χ1v) is 12.3. The van der Waals surface area contributed by atoms with Crippen molar-refractivity contribution < 1.29 is 14.3 Å². The summed E-state index contributed by atoms with van der Waals surface area (Å²) in [6, 6.07) is 13.3. The first-order valence-electron chi connectivity index (χ1n) is 12.3. The summed E-state index contributed by atoms with van der Waals surface area (Å²) >= 11 is 0. The van der Waals surface area contributed by atoms with Gasteiger partial charge in [0.2, 0.25) is 0 Å². The van der Waals surface area contributed by atoms with Gasteiger partial charge < -0.3 is 20.3 Å². The van der Waals surface area contributed by atoms with Gasteiger partial charge in [0.15, 0.2) is 0 Å². The lowest BCUT2D eigenvalue weighted by atomic mass is 10.0. The number of hydrogen-bond donors (Lipinski definition) is 2. The molecule has 0 atom stereocenters. The third-order valence-electron chi connectivity index (χ3n) is 5.53. The zero-order chi connectivity index (χ0) is 24.9. The van der Waals surface area contributed by atoms with Crippen LogP contribution in [0.25, 0.3) is 5.57 Å². The van der Waals surface area contributed by atoms with Crippen LogP contribution in [0.5, 0.6) is 0 Å². The Morgan fingerprint density at radius 3 is 2.18 bits per heavy atom. The molecule has 0 saturated heterocycles. The fourth-order valence-electron chi connectivity index (χ4n) is 3.57. The maximum absolute atomic E-state index is 12.9. The Morgan fingerprint density at radius 1 is 0.941 bits per heavy atom. The SMILES string of the molecule is CCCCN(CCCC)c1ccc(C(C)=CC(=O)OCC)cc1NC(=O)Nc1ccc(C)cc1. The van der Waals surface area contributed by atoms with Crippen molar-refractivity contribution in [2.75, 3.05) is 35.2 Å². The number of hydrogen-bond acceptors (Lipinski definition) is 4. The Labute approximate surface area is 204 Å². The Morgan fingerprint density at radius 2 is 1.59 bits per heavy atom. The zero-order valence-electron chi connectivity index (χ0n) is 21.2. The molecule has 0 aliphatic carbocycles. The van der Waals surface area contributed by atoms with Crippen LogP contribution in [0.1, 0.15) is 64.5 Å². The first kappa shape index (κ1) is 27.0. The number of carbonyl (C=O) groups excluding carboxylic acids is 2. The maximum Gasteiger partial charge on any atom is 0.331 e. The van der Waals surface area contributed by atoms with E-state index in [1.54, 1.807) is 6.92 Å². The van der Waals surface area contributed by atoms with Gasteiger partial charge in [-0.1, -0.05) is 50.5 Å². The third kappa shape index (κ3) is 8.58. The molecule has 6 heteroatoms. The molecule has 2 amide bonds. The fraction of sp³-hybridized carbons (Fsp3) is 0.429. The number of nitrogens with one attached hydrogen (secondary N) is 2. The molecule has 2 aromatic carbocycles. The Hall–Kier alpha value is -3.28. The Balaban J connectivity index is 2.37. The van der Waals surface area contributed by atoms with Crippen molar-refractivity contribution in [1.82, 2.24) is 0 Å². The smallest absolute Gasteiger partial charge is 0.331 e. The minimum atomic E-state index is -0.372. The second kappa shape index (κ2) is 14.1. The number of urea groups is 1. The van der Waals surface area contributed by atoms with E-state index < -0.39 is 0 Å². The number of rotatable bonds is 12. The van der Waals surface area contributed by atoms with E-state index in [-0.39, 0.29) is 12.0 Å². The molecule has 34 heavy (non-hydrogen) atoms. The van der Waals surface area contributed by atoms with E-state index in [0.29, 0.717) is 12.3 Å². The van der Waals surface area contributed by atoms with E-state index in [4.69, 9.17) is 4.74 Å². The van der Waals surface area contributed by atoms with Crippen molar-refractivity contribution >= 4 is 34.6 Å². The van der Waals surface area contributed by atoms with Crippen LogP contribution in [0.15, 0.2) is 48.5 Å². The summed E-state index contributed by atoms with van der Waals surface area (Å²) in [5.41, 5.74) is 5.19. The van der Waals surface area contributed by atoms with Gasteiger partial charge in [-0.25, -0.2) is 9.59 Å². The summed E-state index contributed by atoms with van der Waals surface area (Å²) in [6.45, 7) is 12.2. The molecule has 6 nitrogen and oxygen atoms in total. The van der Waals surface area contributed by atoms with Gasteiger partial charge >= 0.3 is 12.0 Å².